The molecule has 0 bridgehead atoms. The van der Waals surface area contributed by atoms with Crippen molar-refractivity contribution in [3.63, 3.8) is 0 Å². The van der Waals surface area contributed by atoms with Crippen LogP contribution in [0.15, 0.2) is 34.7 Å². The second kappa shape index (κ2) is 6.89. The summed E-state index contributed by atoms with van der Waals surface area (Å²) in [6.45, 7) is 2.08. The first-order chi connectivity index (χ1) is 11.3. The van der Waals surface area contributed by atoms with Gasteiger partial charge in [0.15, 0.2) is 0 Å². The molecule has 3 nitrogen and oxygen atoms in total. The Kier molecular flexibility index (Phi) is 4.66. The minimum absolute atomic E-state index is 0.659. The molecule has 0 atom stereocenters. The number of rotatable bonds is 4. The maximum atomic E-state index is 4.42. The van der Waals surface area contributed by atoms with Gasteiger partial charge in [-0.1, -0.05) is 0 Å². The van der Waals surface area contributed by atoms with Crippen LogP contribution in [0.3, 0.4) is 0 Å². The second-order valence-corrected chi connectivity index (χ2v) is 9.24. The molecule has 1 fully saturated rings. The van der Waals surface area contributed by atoms with Crippen LogP contribution in [0.1, 0.15) is 18.5 Å². The molecule has 1 aliphatic heterocycles. The lowest BCUT2D eigenvalue weighted by atomic mass is 10.1. The largest absolute Gasteiger partial charge is 0.344 e. The third-order valence-electron chi connectivity index (χ3n) is 4.06. The Morgan fingerprint density at radius 3 is 3.00 bits per heavy atom. The molecule has 0 radical (unpaired) electrons. The van der Waals surface area contributed by atoms with E-state index in [-0.39, 0.29) is 0 Å². The zero-order valence-electron chi connectivity index (χ0n) is 13.0. The molecule has 2 N–H and O–H groups in total. The Morgan fingerprint density at radius 1 is 1.26 bits per heavy atom. The molecule has 120 valence electrons. The second-order valence-electron chi connectivity index (χ2n) is 5.80. The normalized spacial score (nSPS) is 16.2. The maximum Gasteiger partial charge on any atom is 0.138 e. The number of H-pyrrole nitrogens is 1. The SMILES string of the molecule is Cc1cc2c(-c3ccc(SNC4CCSCC4)s3)ccnc2[nH]1. The molecule has 23 heavy (non-hydrogen) atoms. The zero-order valence-corrected chi connectivity index (χ0v) is 15.4. The number of fused-ring (bicyclic) bond motifs is 1. The van der Waals surface area contributed by atoms with Crippen LogP contribution in [0.5, 0.6) is 0 Å². The van der Waals surface area contributed by atoms with Crippen molar-refractivity contribution >= 4 is 46.1 Å². The number of nitrogens with zero attached hydrogens (tertiary/aromatic N) is 1. The quantitative estimate of drug-likeness (QED) is 0.635. The number of thioether (sulfide) groups is 1. The van der Waals surface area contributed by atoms with E-state index in [2.05, 4.69) is 57.6 Å². The summed E-state index contributed by atoms with van der Waals surface area (Å²) in [5.41, 5.74) is 3.40. The fourth-order valence-electron chi connectivity index (χ4n) is 2.85. The number of hydrogen-bond acceptors (Lipinski definition) is 5. The van der Waals surface area contributed by atoms with Crippen LogP contribution in [0.2, 0.25) is 0 Å². The molecule has 3 aromatic rings. The van der Waals surface area contributed by atoms with Crippen LogP contribution < -0.4 is 4.72 Å². The first-order valence-corrected chi connectivity index (χ1v) is 10.6. The van der Waals surface area contributed by atoms with Gasteiger partial charge in [-0.2, -0.15) is 11.8 Å². The molecule has 0 saturated carbocycles. The maximum absolute atomic E-state index is 4.42. The summed E-state index contributed by atoms with van der Waals surface area (Å²) in [5.74, 6) is 2.57. The number of aromatic nitrogens is 2. The number of nitrogens with one attached hydrogen (secondary N) is 2. The fourth-order valence-corrected chi connectivity index (χ4v) is 5.97. The van der Waals surface area contributed by atoms with Crippen LogP contribution in [0.25, 0.3) is 21.5 Å². The van der Waals surface area contributed by atoms with Gasteiger partial charge in [-0.15, -0.1) is 11.3 Å². The van der Waals surface area contributed by atoms with E-state index in [0.717, 1.165) is 11.3 Å². The highest BCUT2D eigenvalue weighted by molar-refractivity contribution is 7.99. The molecule has 4 rings (SSSR count). The van der Waals surface area contributed by atoms with Crippen LogP contribution in [-0.4, -0.2) is 27.5 Å². The molecule has 0 unspecified atom stereocenters. The molecule has 0 spiro atoms. The first-order valence-electron chi connectivity index (χ1n) is 7.84. The lowest BCUT2D eigenvalue weighted by molar-refractivity contribution is 0.588. The van der Waals surface area contributed by atoms with Crippen LogP contribution in [0.4, 0.5) is 0 Å². The van der Waals surface area contributed by atoms with Gasteiger partial charge in [-0.05, 0) is 67.5 Å². The monoisotopic (exact) mass is 361 g/mol. The predicted molar refractivity (Wildman–Crippen MR) is 103 cm³/mol. The number of hydrogen-bond donors (Lipinski definition) is 2. The highest BCUT2D eigenvalue weighted by Gasteiger charge is 2.14. The minimum Gasteiger partial charge on any atom is -0.344 e. The lowest BCUT2D eigenvalue weighted by Gasteiger charge is -2.21. The van der Waals surface area contributed by atoms with E-state index in [9.17, 15) is 0 Å². The van der Waals surface area contributed by atoms with Crippen molar-refractivity contribution in [2.24, 2.45) is 0 Å². The third kappa shape index (κ3) is 3.45. The van der Waals surface area contributed by atoms with Crippen LogP contribution >= 0.6 is 35.0 Å². The van der Waals surface area contributed by atoms with Gasteiger partial charge in [0.25, 0.3) is 0 Å². The molecule has 0 aliphatic carbocycles. The van der Waals surface area contributed by atoms with E-state index in [1.54, 1.807) is 11.9 Å². The smallest absolute Gasteiger partial charge is 0.138 e. The summed E-state index contributed by atoms with van der Waals surface area (Å²) in [6.07, 6.45) is 4.45. The van der Waals surface area contributed by atoms with Gasteiger partial charge in [0.05, 0.1) is 4.21 Å². The van der Waals surface area contributed by atoms with E-state index < -0.39 is 0 Å². The van der Waals surface area contributed by atoms with E-state index in [1.807, 2.05) is 17.5 Å². The summed E-state index contributed by atoms with van der Waals surface area (Å²) in [5, 5.41) is 1.21. The van der Waals surface area contributed by atoms with Crippen molar-refractivity contribution in [3.05, 3.63) is 36.2 Å². The number of pyridine rings is 1. The van der Waals surface area contributed by atoms with Gasteiger partial charge in [-0.25, -0.2) is 4.98 Å². The third-order valence-corrected chi connectivity index (χ3v) is 7.31. The van der Waals surface area contributed by atoms with Crippen LogP contribution in [0, 0.1) is 6.92 Å². The van der Waals surface area contributed by atoms with Gasteiger partial charge >= 0.3 is 0 Å². The van der Waals surface area contributed by atoms with Crippen molar-refractivity contribution in [2.75, 3.05) is 11.5 Å². The summed E-state index contributed by atoms with van der Waals surface area (Å²) in [6, 6.07) is 9.40. The van der Waals surface area contributed by atoms with Crippen molar-refractivity contribution < 1.29 is 0 Å². The highest BCUT2D eigenvalue weighted by Crippen LogP contribution is 2.36. The molecular weight excluding hydrogens is 342 g/mol. The van der Waals surface area contributed by atoms with Gasteiger partial charge in [-0.3, -0.25) is 4.72 Å². The highest BCUT2D eigenvalue weighted by atomic mass is 32.2. The van der Waals surface area contributed by atoms with Gasteiger partial charge in [0.2, 0.25) is 0 Å². The van der Waals surface area contributed by atoms with Crippen molar-refractivity contribution in [3.8, 4) is 10.4 Å². The Labute approximate surface area is 148 Å². The topological polar surface area (TPSA) is 40.7 Å². The Balaban J connectivity index is 1.52. The summed E-state index contributed by atoms with van der Waals surface area (Å²) >= 11 is 5.71. The summed E-state index contributed by atoms with van der Waals surface area (Å²) < 4.78 is 4.97. The van der Waals surface area contributed by atoms with Gasteiger partial charge < -0.3 is 4.98 Å². The first kappa shape index (κ1) is 15.6. The van der Waals surface area contributed by atoms with E-state index in [0.29, 0.717) is 6.04 Å². The van der Waals surface area contributed by atoms with E-state index in [4.69, 9.17) is 0 Å². The van der Waals surface area contributed by atoms with E-state index in [1.165, 1.54) is 44.4 Å². The molecule has 4 heterocycles. The summed E-state index contributed by atoms with van der Waals surface area (Å²) in [7, 11) is 0. The average Bonchev–Trinajstić information content (AvgIpc) is 3.19. The lowest BCUT2D eigenvalue weighted by Crippen LogP contribution is -2.27. The molecule has 6 heteroatoms. The van der Waals surface area contributed by atoms with Crippen LogP contribution in [-0.2, 0) is 0 Å². The van der Waals surface area contributed by atoms with Gasteiger partial charge in [0.1, 0.15) is 5.65 Å². The van der Waals surface area contributed by atoms with Gasteiger partial charge in [0, 0.05) is 33.8 Å². The predicted octanol–water partition coefficient (Wildman–Crippen LogP) is 5.09. The van der Waals surface area contributed by atoms with Crippen molar-refractivity contribution in [2.45, 2.75) is 30.0 Å². The molecule has 0 aromatic carbocycles. The number of thiophene rings is 1. The van der Waals surface area contributed by atoms with Crippen molar-refractivity contribution in [1.29, 1.82) is 0 Å². The fraction of sp³-hybridized carbons (Fsp3) is 0.353. The Morgan fingerprint density at radius 2 is 2.13 bits per heavy atom. The number of aromatic amines is 1. The van der Waals surface area contributed by atoms with Crippen molar-refractivity contribution in [1.82, 2.24) is 14.7 Å². The summed E-state index contributed by atoms with van der Waals surface area (Å²) in [4.78, 5) is 9.05. The van der Waals surface area contributed by atoms with E-state index >= 15 is 0 Å². The minimum atomic E-state index is 0.659. The Bertz CT molecular complexity index is 802. The molecule has 3 aromatic heterocycles. The Hall–Kier alpha value is -0.950. The molecule has 0 amide bonds. The molecular formula is C17H19N3S3. The zero-order chi connectivity index (χ0) is 15.6. The molecule has 1 saturated heterocycles. The standard InChI is InChI=1S/C17H19N3S3/c1-11-10-14-13(4-7-18-17(14)19-11)15-2-3-16(22-15)23-20-12-5-8-21-9-6-12/h2-4,7,10,12,20H,5-6,8-9H2,1H3,(H,18,19). The number of aryl methyl sites for hydroxylation is 1. The molecule has 1 aliphatic rings. The average molecular weight is 362 g/mol.